The van der Waals surface area contributed by atoms with Crippen LogP contribution in [0.5, 0.6) is 0 Å². The number of nitrogens with one attached hydrogen (secondary N) is 1. The Morgan fingerprint density at radius 2 is 2.17 bits per heavy atom. The summed E-state index contributed by atoms with van der Waals surface area (Å²) in [5.74, 6) is -0.0418. The van der Waals surface area contributed by atoms with Crippen molar-refractivity contribution in [3.63, 3.8) is 0 Å². The third-order valence-corrected chi connectivity index (χ3v) is 3.10. The molecule has 0 spiro atoms. The minimum absolute atomic E-state index is 0.0418. The van der Waals surface area contributed by atoms with Gasteiger partial charge in [0.2, 0.25) is 0 Å². The minimum Gasteiger partial charge on any atom is -0.351 e. The molecule has 4 heteroatoms. The summed E-state index contributed by atoms with van der Waals surface area (Å²) in [5.41, 5.74) is 8.36. The van der Waals surface area contributed by atoms with E-state index in [1.807, 2.05) is 30.7 Å². The van der Waals surface area contributed by atoms with Gasteiger partial charge in [0.05, 0.1) is 0 Å². The smallest absolute Gasteiger partial charge is 0.267 e. The topological polar surface area (TPSA) is 60.1 Å². The van der Waals surface area contributed by atoms with E-state index in [0.717, 1.165) is 17.3 Å². The molecule has 0 aliphatic carbocycles. The zero-order chi connectivity index (χ0) is 13.1. The van der Waals surface area contributed by atoms with Gasteiger partial charge in [-0.3, -0.25) is 4.79 Å². The van der Waals surface area contributed by atoms with Crippen molar-refractivity contribution < 1.29 is 4.79 Å². The molecule has 0 aliphatic heterocycles. The summed E-state index contributed by atoms with van der Waals surface area (Å²) in [6.45, 7) is 3.26. The van der Waals surface area contributed by atoms with Crippen molar-refractivity contribution in [2.24, 2.45) is 12.8 Å². The SMILES string of the molecule is Cc1ccc2c(c1)cc(C(=O)NCCCN)n2C. The minimum atomic E-state index is -0.0418. The van der Waals surface area contributed by atoms with Crippen LogP contribution < -0.4 is 11.1 Å². The molecule has 0 unspecified atom stereocenters. The van der Waals surface area contributed by atoms with E-state index in [2.05, 4.69) is 17.4 Å². The van der Waals surface area contributed by atoms with Gasteiger partial charge >= 0.3 is 0 Å². The fourth-order valence-electron chi connectivity index (χ4n) is 2.08. The summed E-state index contributed by atoms with van der Waals surface area (Å²) in [5, 5.41) is 3.98. The molecule has 2 rings (SSSR count). The third-order valence-electron chi connectivity index (χ3n) is 3.10. The van der Waals surface area contributed by atoms with Crippen molar-refractivity contribution in [3.8, 4) is 0 Å². The van der Waals surface area contributed by atoms with Crippen LogP contribution in [-0.2, 0) is 7.05 Å². The van der Waals surface area contributed by atoms with Crippen LogP contribution in [0.15, 0.2) is 24.3 Å². The fraction of sp³-hybridized carbons (Fsp3) is 0.357. The van der Waals surface area contributed by atoms with Crippen molar-refractivity contribution in [2.75, 3.05) is 13.1 Å². The van der Waals surface area contributed by atoms with E-state index in [1.165, 1.54) is 5.56 Å². The Balaban J connectivity index is 2.28. The maximum atomic E-state index is 12.0. The van der Waals surface area contributed by atoms with E-state index in [-0.39, 0.29) is 5.91 Å². The summed E-state index contributed by atoms with van der Waals surface area (Å²) in [4.78, 5) is 12.0. The standard InChI is InChI=1S/C14H19N3O/c1-10-4-5-12-11(8-10)9-13(17(12)2)14(18)16-7-3-6-15/h4-5,8-9H,3,6-7,15H2,1-2H3,(H,16,18). The van der Waals surface area contributed by atoms with E-state index in [1.54, 1.807) is 0 Å². The van der Waals surface area contributed by atoms with Crippen LogP contribution in [-0.4, -0.2) is 23.6 Å². The lowest BCUT2D eigenvalue weighted by Crippen LogP contribution is -2.27. The first-order valence-corrected chi connectivity index (χ1v) is 6.18. The molecular formula is C14H19N3O. The Morgan fingerprint density at radius 3 is 2.89 bits per heavy atom. The molecule has 0 fully saturated rings. The number of nitrogens with zero attached hydrogens (tertiary/aromatic N) is 1. The van der Waals surface area contributed by atoms with Gasteiger partial charge in [-0.25, -0.2) is 0 Å². The maximum Gasteiger partial charge on any atom is 0.267 e. The van der Waals surface area contributed by atoms with Gasteiger partial charge in [0, 0.05) is 24.5 Å². The van der Waals surface area contributed by atoms with Crippen LogP contribution in [0.2, 0.25) is 0 Å². The molecule has 1 aromatic heterocycles. The predicted octanol–water partition coefficient (Wildman–Crippen LogP) is 1.57. The van der Waals surface area contributed by atoms with Gasteiger partial charge in [0.15, 0.2) is 0 Å². The van der Waals surface area contributed by atoms with E-state index in [4.69, 9.17) is 5.73 Å². The van der Waals surface area contributed by atoms with Gasteiger partial charge in [-0.05, 0) is 38.1 Å². The predicted molar refractivity (Wildman–Crippen MR) is 73.7 cm³/mol. The Morgan fingerprint density at radius 1 is 1.39 bits per heavy atom. The van der Waals surface area contributed by atoms with Crippen molar-refractivity contribution in [3.05, 3.63) is 35.5 Å². The van der Waals surface area contributed by atoms with Crippen LogP contribution in [0.3, 0.4) is 0 Å². The van der Waals surface area contributed by atoms with Gasteiger partial charge in [0.25, 0.3) is 5.91 Å². The molecule has 3 N–H and O–H groups in total. The second-order valence-electron chi connectivity index (χ2n) is 4.55. The normalized spacial score (nSPS) is 10.8. The van der Waals surface area contributed by atoms with Crippen molar-refractivity contribution >= 4 is 16.8 Å². The number of amides is 1. The molecule has 0 bridgehead atoms. The highest BCUT2D eigenvalue weighted by molar-refractivity contribution is 5.98. The first-order chi connectivity index (χ1) is 8.63. The van der Waals surface area contributed by atoms with Gasteiger partial charge in [-0.15, -0.1) is 0 Å². The number of rotatable bonds is 4. The fourth-order valence-corrected chi connectivity index (χ4v) is 2.08. The molecule has 1 heterocycles. The number of carbonyl (C=O) groups is 1. The first kappa shape index (κ1) is 12.6. The van der Waals surface area contributed by atoms with E-state index in [0.29, 0.717) is 18.8 Å². The van der Waals surface area contributed by atoms with Gasteiger partial charge < -0.3 is 15.6 Å². The molecule has 1 aromatic carbocycles. The van der Waals surface area contributed by atoms with E-state index < -0.39 is 0 Å². The molecular weight excluding hydrogens is 226 g/mol. The van der Waals surface area contributed by atoms with Crippen LogP contribution in [0.25, 0.3) is 10.9 Å². The molecule has 1 amide bonds. The number of benzene rings is 1. The van der Waals surface area contributed by atoms with Gasteiger partial charge in [-0.2, -0.15) is 0 Å². The quantitative estimate of drug-likeness (QED) is 0.803. The lowest BCUT2D eigenvalue weighted by atomic mass is 10.2. The third kappa shape index (κ3) is 2.38. The highest BCUT2D eigenvalue weighted by Crippen LogP contribution is 2.19. The lowest BCUT2D eigenvalue weighted by Gasteiger charge is -2.05. The van der Waals surface area contributed by atoms with Crippen molar-refractivity contribution in [1.82, 2.24) is 9.88 Å². The molecule has 0 saturated heterocycles. The lowest BCUT2D eigenvalue weighted by molar-refractivity contribution is 0.0946. The van der Waals surface area contributed by atoms with Crippen molar-refractivity contribution in [2.45, 2.75) is 13.3 Å². The van der Waals surface area contributed by atoms with Crippen LogP contribution in [0.4, 0.5) is 0 Å². The number of aromatic nitrogens is 1. The second kappa shape index (κ2) is 5.23. The first-order valence-electron chi connectivity index (χ1n) is 6.18. The Hall–Kier alpha value is -1.81. The average Bonchev–Trinajstić information content (AvgIpc) is 2.66. The number of hydrogen-bond acceptors (Lipinski definition) is 2. The number of carbonyl (C=O) groups excluding carboxylic acids is 1. The highest BCUT2D eigenvalue weighted by atomic mass is 16.1. The molecule has 2 aromatic rings. The summed E-state index contributed by atoms with van der Waals surface area (Å²) in [6, 6.07) is 8.12. The molecule has 0 radical (unpaired) electrons. The molecule has 96 valence electrons. The highest BCUT2D eigenvalue weighted by Gasteiger charge is 2.12. The second-order valence-corrected chi connectivity index (χ2v) is 4.55. The Bertz CT molecular complexity index is 572. The number of hydrogen-bond donors (Lipinski definition) is 2. The van der Waals surface area contributed by atoms with Crippen molar-refractivity contribution in [1.29, 1.82) is 0 Å². The summed E-state index contributed by atoms with van der Waals surface area (Å²) in [7, 11) is 1.91. The van der Waals surface area contributed by atoms with E-state index in [9.17, 15) is 4.79 Å². The molecule has 0 saturated carbocycles. The largest absolute Gasteiger partial charge is 0.351 e. The molecule has 4 nitrogen and oxygen atoms in total. The Kier molecular flexibility index (Phi) is 3.67. The average molecular weight is 245 g/mol. The van der Waals surface area contributed by atoms with Gasteiger partial charge in [0.1, 0.15) is 5.69 Å². The zero-order valence-corrected chi connectivity index (χ0v) is 10.9. The number of aryl methyl sites for hydroxylation is 2. The Labute approximate surface area is 107 Å². The summed E-state index contributed by atoms with van der Waals surface area (Å²) >= 11 is 0. The summed E-state index contributed by atoms with van der Waals surface area (Å²) < 4.78 is 1.92. The summed E-state index contributed by atoms with van der Waals surface area (Å²) in [6.07, 6.45) is 0.800. The molecule has 18 heavy (non-hydrogen) atoms. The maximum absolute atomic E-state index is 12.0. The van der Waals surface area contributed by atoms with Gasteiger partial charge in [-0.1, -0.05) is 11.6 Å². The number of fused-ring (bicyclic) bond motifs is 1. The van der Waals surface area contributed by atoms with Crippen LogP contribution >= 0.6 is 0 Å². The van der Waals surface area contributed by atoms with E-state index >= 15 is 0 Å². The molecule has 0 aliphatic rings. The molecule has 0 atom stereocenters. The monoisotopic (exact) mass is 245 g/mol. The van der Waals surface area contributed by atoms with Crippen LogP contribution in [0.1, 0.15) is 22.5 Å². The van der Waals surface area contributed by atoms with Crippen LogP contribution in [0, 0.1) is 6.92 Å². The zero-order valence-electron chi connectivity index (χ0n) is 10.9. The number of nitrogens with two attached hydrogens (primary N) is 1.